The highest BCUT2D eigenvalue weighted by atomic mass is 35.5. The van der Waals surface area contributed by atoms with Crippen molar-refractivity contribution in [3.8, 4) is 0 Å². The summed E-state index contributed by atoms with van der Waals surface area (Å²) in [5.74, 6) is -0.754. The standard InChI is InChI=1S/C11H14ClFN2O/c1-2-3-9(14)11(16)15-10-5-4-7(13)6-8(10)12/h4-6,9H,2-3,14H2,1H3,(H,15,16)/t9-/m1/s1. The van der Waals surface area contributed by atoms with Crippen LogP contribution >= 0.6 is 11.6 Å². The molecule has 1 aromatic carbocycles. The molecule has 0 bridgehead atoms. The van der Waals surface area contributed by atoms with Crippen molar-refractivity contribution < 1.29 is 9.18 Å². The van der Waals surface area contributed by atoms with Gasteiger partial charge in [-0.1, -0.05) is 24.9 Å². The normalized spacial score (nSPS) is 12.2. The van der Waals surface area contributed by atoms with Gasteiger partial charge in [-0.05, 0) is 24.6 Å². The van der Waals surface area contributed by atoms with Gasteiger partial charge in [0.05, 0.1) is 16.8 Å². The second-order valence-electron chi connectivity index (χ2n) is 3.51. The van der Waals surface area contributed by atoms with Crippen molar-refractivity contribution in [2.24, 2.45) is 5.73 Å². The van der Waals surface area contributed by atoms with E-state index in [9.17, 15) is 9.18 Å². The number of hydrogen-bond acceptors (Lipinski definition) is 2. The fourth-order valence-electron chi connectivity index (χ4n) is 1.26. The van der Waals surface area contributed by atoms with Gasteiger partial charge in [0.25, 0.3) is 0 Å². The molecular weight excluding hydrogens is 231 g/mol. The van der Waals surface area contributed by atoms with Crippen LogP contribution in [0.3, 0.4) is 0 Å². The zero-order chi connectivity index (χ0) is 12.1. The van der Waals surface area contributed by atoms with Gasteiger partial charge in [0, 0.05) is 0 Å². The second kappa shape index (κ2) is 5.82. The van der Waals surface area contributed by atoms with Gasteiger partial charge < -0.3 is 11.1 Å². The molecule has 1 amide bonds. The van der Waals surface area contributed by atoms with E-state index in [1.807, 2.05) is 6.92 Å². The summed E-state index contributed by atoms with van der Waals surface area (Å²) >= 11 is 5.76. The topological polar surface area (TPSA) is 55.1 Å². The summed E-state index contributed by atoms with van der Waals surface area (Å²) in [5.41, 5.74) is 6.00. The van der Waals surface area contributed by atoms with E-state index in [1.165, 1.54) is 12.1 Å². The van der Waals surface area contributed by atoms with Crippen molar-refractivity contribution >= 4 is 23.2 Å². The maximum atomic E-state index is 12.7. The third kappa shape index (κ3) is 3.47. The van der Waals surface area contributed by atoms with Gasteiger partial charge in [-0.15, -0.1) is 0 Å². The van der Waals surface area contributed by atoms with Gasteiger partial charge in [-0.25, -0.2) is 4.39 Å². The molecule has 1 rings (SSSR count). The Morgan fingerprint density at radius 2 is 2.31 bits per heavy atom. The van der Waals surface area contributed by atoms with Gasteiger partial charge in [0.1, 0.15) is 5.82 Å². The van der Waals surface area contributed by atoms with E-state index in [2.05, 4.69) is 5.32 Å². The number of halogens is 2. The van der Waals surface area contributed by atoms with E-state index in [1.54, 1.807) is 0 Å². The third-order valence-electron chi connectivity index (χ3n) is 2.13. The van der Waals surface area contributed by atoms with E-state index in [-0.39, 0.29) is 10.9 Å². The highest BCUT2D eigenvalue weighted by molar-refractivity contribution is 6.33. The summed E-state index contributed by atoms with van der Waals surface area (Å²) in [7, 11) is 0. The van der Waals surface area contributed by atoms with Crippen LogP contribution in [-0.4, -0.2) is 11.9 Å². The zero-order valence-electron chi connectivity index (χ0n) is 8.97. The van der Waals surface area contributed by atoms with Crippen LogP contribution in [0.1, 0.15) is 19.8 Å². The van der Waals surface area contributed by atoms with Gasteiger partial charge in [0.2, 0.25) is 5.91 Å². The zero-order valence-corrected chi connectivity index (χ0v) is 9.72. The van der Waals surface area contributed by atoms with Crippen molar-refractivity contribution in [2.75, 3.05) is 5.32 Å². The molecule has 5 heteroatoms. The van der Waals surface area contributed by atoms with Crippen LogP contribution in [-0.2, 0) is 4.79 Å². The second-order valence-corrected chi connectivity index (χ2v) is 3.92. The SMILES string of the molecule is CCC[C@@H](N)C(=O)Nc1ccc(F)cc1Cl. The highest BCUT2D eigenvalue weighted by Crippen LogP contribution is 2.22. The van der Waals surface area contributed by atoms with Crippen LogP contribution in [0.5, 0.6) is 0 Å². The molecule has 0 saturated heterocycles. The molecule has 0 aliphatic rings. The lowest BCUT2D eigenvalue weighted by atomic mass is 10.1. The first-order valence-electron chi connectivity index (χ1n) is 5.06. The van der Waals surface area contributed by atoms with Gasteiger partial charge in [-0.2, -0.15) is 0 Å². The van der Waals surface area contributed by atoms with Crippen molar-refractivity contribution in [1.82, 2.24) is 0 Å². The summed E-state index contributed by atoms with van der Waals surface area (Å²) in [4.78, 5) is 11.6. The van der Waals surface area contributed by atoms with E-state index in [0.717, 1.165) is 12.5 Å². The minimum atomic E-state index is -0.564. The Labute approximate surface area is 98.8 Å². The molecule has 16 heavy (non-hydrogen) atoms. The molecule has 0 unspecified atom stereocenters. The molecule has 0 aliphatic carbocycles. The quantitative estimate of drug-likeness (QED) is 0.855. The number of rotatable bonds is 4. The first kappa shape index (κ1) is 12.9. The number of benzene rings is 1. The van der Waals surface area contributed by atoms with Crippen molar-refractivity contribution in [3.63, 3.8) is 0 Å². The molecule has 0 saturated carbocycles. The van der Waals surface area contributed by atoms with E-state index < -0.39 is 11.9 Å². The highest BCUT2D eigenvalue weighted by Gasteiger charge is 2.13. The molecule has 0 heterocycles. The average Bonchev–Trinajstić information content (AvgIpc) is 2.22. The van der Waals surface area contributed by atoms with Crippen LogP contribution in [0, 0.1) is 5.82 Å². The van der Waals surface area contributed by atoms with E-state index in [0.29, 0.717) is 12.1 Å². The van der Waals surface area contributed by atoms with Crippen LogP contribution in [0.25, 0.3) is 0 Å². The average molecular weight is 245 g/mol. The van der Waals surface area contributed by atoms with Gasteiger partial charge in [-0.3, -0.25) is 4.79 Å². The van der Waals surface area contributed by atoms with Crippen LogP contribution in [0.4, 0.5) is 10.1 Å². The fraction of sp³-hybridized carbons (Fsp3) is 0.364. The van der Waals surface area contributed by atoms with Crippen molar-refractivity contribution in [3.05, 3.63) is 29.0 Å². The fourth-order valence-corrected chi connectivity index (χ4v) is 1.47. The molecule has 3 nitrogen and oxygen atoms in total. The maximum absolute atomic E-state index is 12.7. The molecular formula is C11H14ClFN2O. The van der Waals surface area contributed by atoms with Gasteiger partial charge >= 0.3 is 0 Å². The van der Waals surface area contributed by atoms with Crippen molar-refractivity contribution in [1.29, 1.82) is 0 Å². The Balaban J connectivity index is 2.69. The molecule has 1 aromatic rings. The molecule has 3 N–H and O–H groups in total. The van der Waals surface area contributed by atoms with Gasteiger partial charge in [0.15, 0.2) is 0 Å². The number of nitrogens with two attached hydrogens (primary N) is 1. The summed E-state index contributed by atoms with van der Waals surface area (Å²) in [5, 5.41) is 2.72. The van der Waals surface area contributed by atoms with E-state index >= 15 is 0 Å². The predicted octanol–water partition coefficient (Wildman–Crippen LogP) is 2.55. The third-order valence-corrected chi connectivity index (χ3v) is 2.44. The van der Waals surface area contributed by atoms with E-state index in [4.69, 9.17) is 17.3 Å². The number of carbonyl (C=O) groups is 1. The molecule has 88 valence electrons. The minimum Gasteiger partial charge on any atom is -0.323 e. The molecule has 0 fully saturated rings. The number of amides is 1. The predicted molar refractivity (Wildman–Crippen MR) is 62.9 cm³/mol. The monoisotopic (exact) mass is 244 g/mol. The Hall–Kier alpha value is -1.13. The largest absolute Gasteiger partial charge is 0.323 e. The first-order valence-corrected chi connectivity index (χ1v) is 5.44. The minimum absolute atomic E-state index is 0.164. The maximum Gasteiger partial charge on any atom is 0.241 e. The summed E-state index contributed by atoms with van der Waals surface area (Å²) in [6, 6.07) is 3.22. The first-order chi connectivity index (χ1) is 7.54. The molecule has 0 radical (unpaired) electrons. The Morgan fingerprint density at radius 3 is 2.88 bits per heavy atom. The summed E-state index contributed by atoms with van der Waals surface area (Å²) in [6.07, 6.45) is 1.43. The molecule has 1 atom stereocenters. The lowest BCUT2D eigenvalue weighted by molar-refractivity contribution is -0.117. The lowest BCUT2D eigenvalue weighted by Crippen LogP contribution is -2.35. The Morgan fingerprint density at radius 1 is 1.62 bits per heavy atom. The van der Waals surface area contributed by atoms with Crippen molar-refractivity contribution in [2.45, 2.75) is 25.8 Å². The number of anilines is 1. The van der Waals surface area contributed by atoms with Crippen LogP contribution in [0.2, 0.25) is 5.02 Å². The summed E-state index contributed by atoms with van der Waals surface area (Å²) < 4.78 is 12.7. The number of nitrogens with one attached hydrogen (secondary N) is 1. The molecule has 0 aliphatic heterocycles. The Bertz CT molecular complexity index is 384. The number of carbonyl (C=O) groups excluding carboxylic acids is 1. The Kier molecular flexibility index (Phi) is 4.71. The van der Waals surface area contributed by atoms with Crippen LogP contribution in [0.15, 0.2) is 18.2 Å². The number of hydrogen-bond donors (Lipinski definition) is 2. The molecule has 0 aromatic heterocycles. The molecule has 0 spiro atoms. The lowest BCUT2D eigenvalue weighted by Gasteiger charge is -2.12. The smallest absolute Gasteiger partial charge is 0.241 e. The summed E-state index contributed by atoms with van der Waals surface area (Å²) in [6.45, 7) is 1.94. The van der Waals surface area contributed by atoms with Crippen LogP contribution < -0.4 is 11.1 Å².